The third-order valence-electron chi connectivity index (χ3n) is 1.82. The van der Waals surface area contributed by atoms with Crippen molar-refractivity contribution in [2.45, 2.75) is 12.8 Å². The number of hydrogen-bond donors (Lipinski definition) is 0. The third-order valence-corrected chi connectivity index (χ3v) is 1.82. The molecule has 0 amide bonds. The second-order valence-corrected chi connectivity index (χ2v) is 3.22. The molecule has 0 aliphatic heterocycles. The Morgan fingerprint density at radius 1 is 1.12 bits per heavy atom. The lowest BCUT2D eigenvalue weighted by molar-refractivity contribution is 0.0733. The molecule has 92 valence electrons. The first-order valence-electron chi connectivity index (χ1n) is 5.48. The molecule has 0 aromatic rings. The quantitative estimate of drug-likeness (QED) is 0.308. The standard InChI is InChI=1S/C13H22O3/c1-4-5-8-13(2)16-12-11-15-10-7-6-9-14-3/h4-5,8H,1-2,6-7,9-12H2,3H3/b8-5-. The summed E-state index contributed by atoms with van der Waals surface area (Å²) < 4.78 is 15.6. The maximum absolute atomic E-state index is 5.37. The van der Waals surface area contributed by atoms with E-state index in [0.29, 0.717) is 19.0 Å². The SMILES string of the molecule is C=C/C=C\C(=C)OCCOCCCCOC. The third kappa shape index (κ3) is 11.0. The van der Waals surface area contributed by atoms with Crippen LogP contribution in [0.25, 0.3) is 0 Å². The molecule has 0 atom stereocenters. The smallest absolute Gasteiger partial charge is 0.112 e. The van der Waals surface area contributed by atoms with Crippen molar-refractivity contribution in [3.05, 3.63) is 37.1 Å². The first-order chi connectivity index (χ1) is 7.81. The van der Waals surface area contributed by atoms with E-state index in [4.69, 9.17) is 14.2 Å². The Morgan fingerprint density at radius 3 is 2.56 bits per heavy atom. The van der Waals surface area contributed by atoms with Crippen LogP contribution in [0, 0.1) is 0 Å². The molecule has 0 saturated heterocycles. The predicted octanol–water partition coefficient (Wildman–Crippen LogP) is 2.70. The fourth-order valence-corrected chi connectivity index (χ4v) is 1.01. The van der Waals surface area contributed by atoms with E-state index >= 15 is 0 Å². The van der Waals surface area contributed by atoms with Crippen LogP contribution in [-0.2, 0) is 14.2 Å². The predicted molar refractivity (Wildman–Crippen MR) is 66.4 cm³/mol. The number of rotatable bonds is 11. The van der Waals surface area contributed by atoms with Gasteiger partial charge in [-0.2, -0.15) is 0 Å². The minimum absolute atomic E-state index is 0.532. The van der Waals surface area contributed by atoms with Crippen LogP contribution in [0.5, 0.6) is 0 Å². The second kappa shape index (κ2) is 12.0. The minimum Gasteiger partial charge on any atom is -0.492 e. The zero-order valence-electron chi connectivity index (χ0n) is 10.1. The van der Waals surface area contributed by atoms with E-state index in [9.17, 15) is 0 Å². The van der Waals surface area contributed by atoms with Gasteiger partial charge in [0, 0.05) is 20.3 Å². The summed E-state index contributed by atoms with van der Waals surface area (Å²) in [7, 11) is 1.71. The highest BCUT2D eigenvalue weighted by Gasteiger charge is 1.91. The second-order valence-electron chi connectivity index (χ2n) is 3.22. The van der Waals surface area contributed by atoms with Gasteiger partial charge >= 0.3 is 0 Å². The summed E-state index contributed by atoms with van der Waals surface area (Å²) in [5.41, 5.74) is 0. The molecule has 3 nitrogen and oxygen atoms in total. The molecule has 0 saturated carbocycles. The molecular weight excluding hydrogens is 204 g/mol. The van der Waals surface area contributed by atoms with Gasteiger partial charge in [-0.3, -0.25) is 0 Å². The number of ether oxygens (including phenoxy) is 3. The lowest BCUT2D eigenvalue weighted by Gasteiger charge is -2.06. The lowest BCUT2D eigenvalue weighted by atomic mass is 10.3. The highest BCUT2D eigenvalue weighted by Crippen LogP contribution is 1.96. The summed E-state index contributed by atoms with van der Waals surface area (Å²) in [6, 6.07) is 0. The highest BCUT2D eigenvalue weighted by atomic mass is 16.5. The Bertz CT molecular complexity index is 209. The number of unbranched alkanes of at least 4 members (excludes halogenated alkanes) is 1. The van der Waals surface area contributed by atoms with E-state index in [2.05, 4.69) is 13.2 Å². The van der Waals surface area contributed by atoms with Crippen molar-refractivity contribution >= 4 is 0 Å². The van der Waals surface area contributed by atoms with Gasteiger partial charge in [0.2, 0.25) is 0 Å². The molecule has 0 aliphatic carbocycles. The van der Waals surface area contributed by atoms with Gasteiger partial charge < -0.3 is 14.2 Å². The Balaban J connectivity index is 3.17. The van der Waals surface area contributed by atoms with Crippen molar-refractivity contribution in [3.8, 4) is 0 Å². The Labute approximate surface area is 98.4 Å². The molecular formula is C13H22O3. The van der Waals surface area contributed by atoms with Crippen LogP contribution in [0.1, 0.15) is 12.8 Å². The largest absolute Gasteiger partial charge is 0.492 e. The summed E-state index contributed by atoms with van der Waals surface area (Å²) in [6.07, 6.45) is 7.29. The Hall–Kier alpha value is -1.06. The van der Waals surface area contributed by atoms with Crippen LogP contribution < -0.4 is 0 Å². The van der Waals surface area contributed by atoms with Gasteiger partial charge in [0.15, 0.2) is 0 Å². The molecule has 0 fully saturated rings. The fourth-order valence-electron chi connectivity index (χ4n) is 1.01. The molecule has 3 heteroatoms. The Morgan fingerprint density at radius 2 is 1.88 bits per heavy atom. The molecule has 16 heavy (non-hydrogen) atoms. The van der Waals surface area contributed by atoms with E-state index in [-0.39, 0.29) is 0 Å². The van der Waals surface area contributed by atoms with E-state index in [1.54, 1.807) is 25.3 Å². The van der Waals surface area contributed by atoms with Crippen LogP contribution in [-0.4, -0.2) is 33.5 Å². The van der Waals surface area contributed by atoms with E-state index < -0.39 is 0 Å². The van der Waals surface area contributed by atoms with E-state index in [1.165, 1.54) is 0 Å². The summed E-state index contributed by atoms with van der Waals surface area (Å²) >= 11 is 0. The number of methoxy groups -OCH3 is 1. The molecule has 0 rings (SSSR count). The lowest BCUT2D eigenvalue weighted by Crippen LogP contribution is -2.05. The van der Waals surface area contributed by atoms with Crippen LogP contribution in [0.3, 0.4) is 0 Å². The van der Waals surface area contributed by atoms with Gasteiger partial charge in [0.25, 0.3) is 0 Å². The Kier molecular flexibility index (Phi) is 11.2. The van der Waals surface area contributed by atoms with Crippen LogP contribution >= 0.6 is 0 Å². The summed E-state index contributed by atoms with van der Waals surface area (Å²) in [6.45, 7) is 9.95. The number of allylic oxidation sites excluding steroid dienone is 3. The fraction of sp³-hybridized carbons (Fsp3) is 0.538. The zero-order valence-corrected chi connectivity index (χ0v) is 10.1. The van der Waals surface area contributed by atoms with E-state index in [0.717, 1.165) is 26.1 Å². The molecule has 0 aliphatic rings. The van der Waals surface area contributed by atoms with Gasteiger partial charge in [-0.05, 0) is 18.9 Å². The van der Waals surface area contributed by atoms with Crippen molar-refractivity contribution in [2.24, 2.45) is 0 Å². The normalized spacial score (nSPS) is 10.6. The molecule has 0 unspecified atom stereocenters. The highest BCUT2D eigenvalue weighted by molar-refractivity contribution is 5.12. The number of hydrogen-bond acceptors (Lipinski definition) is 3. The molecule has 0 heterocycles. The van der Waals surface area contributed by atoms with Crippen molar-refractivity contribution < 1.29 is 14.2 Å². The van der Waals surface area contributed by atoms with Gasteiger partial charge in [0.05, 0.1) is 6.61 Å². The molecule has 0 N–H and O–H groups in total. The first kappa shape index (κ1) is 14.9. The molecule has 0 spiro atoms. The van der Waals surface area contributed by atoms with Gasteiger partial charge in [-0.15, -0.1) is 0 Å². The van der Waals surface area contributed by atoms with Crippen molar-refractivity contribution in [2.75, 3.05) is 33.5 Å². The monoisotopic (exact) mass is 226 g/mol. The summed E-state index contributed by atoms with van der Waals surface area (Å²) in [5.74, 6) is 0.628. The first-order valence-corrected chi connectivity index (χ1v) is 5.48. The molecule has 0 aromatic carbocycles. The average Bonchev–Trinajstić information content (AvgIpc) is 2.30. The van der Waals surface area contributed by atoms with Crippen LogP contribution in [0.15, 0.2) is 37.1 Å². The van der Waals surface area contributed by atoms with Gasteiger partial charge in [-0.25, -0.2) is 0 Å². The maximum Gasteiger partial charge on any atom is 0.112 e. The van der Waals surface area contributed by atoms with Crippen LogP contribution in [0.4, 0.5) is 0 Å². The molecule has 0 bridgehead atoms. The van der Waals surface area contributed by atoms with Gasteiger partial charge in [-0.1, -0.05) is 25.3 Å². The topological polar surface area (TPSA) is 27.7 Å². The van der Waals surface area contributed by atoms with Crippen molar-refractivity contribution in [1.82, 2.24) is 0 Å². The van der Waals surface area contributed by atoms with E-state index in [1.807, 2.05) is 0 Å². The molecule has 0 radical (unpaired) electrons. The molecule has 0 aromatic heterocycles. The van der Waals surface area contributed by atoms with Crippen molar-refractivity contribution in [1.29, 1.82) is 0 Å². The minimum atomic E-state index is 0.532. The van der Waals surface area contributed by atoms with Crippen molar-refractivity contribution in [3.63, 3.8) is 0 Å². The van der Waals surface area contributed by atoms with Crippen LogP contribution in [0.2, 0.25) is 0 Å². The maximum atomic E-state index is 5.37. The summed E-state index contributed by atoms with van der Waals surface area (Å²) in [4.78, 5) is 0. The van der Waals surface area contributed by atoms with Gasteiger partial charge in [0.1, 0.15) is 12.4 Å². The summed E-state index contributed by atoms with van der Waals surface area (Å²) in [5, 5.41) is 0. The average molecular weight is 226 g/mol. The zero-order chi connectivity index (χ0) is 12.1.